The molecular formula is C20H15ClN4O5S. The van der Waals surface area contributed by atoms with Crippen molar-refractivity contribution in [2.45, 2.75) is 4.90 Å². The molecule has 0 aliphatic rings. The molecule has 0 atom stereocenters. The minimum absolute atomic E-state index is 0.0482. The molecule has 0 spiro atoms. The Morgan fingerprint density at radius 3 is 2.16 bits per heavy atom. The number of benzene rings is 3. The van der Waals surface area contributed by atoms with Gasteiger partial charge in [-0.05, 0) is 66.2 Å². The topological polar surface area (TPSA) is 131 Å². The molecule has 0 bridgehead atoms. The Morgan fingerprint density at radius 2 is 1.58 bits per heavy atom. The molecule has 0 aliphatic carbocycles. The second-order valence-electron chi connectivity index (χ2n) is 6.18. The lowest BCUT2D eigenvalue weighted by Crippen LogP contribution is -2.18. The summed E-state index contributed by atoms with van der Waals surface area (Å²) in [5.74, 6) is -0.509. The molecule has 0 heterocycles. The highest BCUT2D eigenvalue weighted by Crippen LogP contribution is 2.19. The Bertz CT molecular complexity index is 1230. The zero-order valence-corrected chi connectivity index (χ0v) is 17.3. The van der Waals surface area contributed by atoms with Crippen LogP contribution in [0.5, 0.6) is 0 Å². The Hall–Kier alpha value is -3.76. The third kappa shape index (κ3) is 5.87. The number of hydrogen-bond donors (Lipinski definition) is 2. The maximum Gasteiger partial charge on any atom is 0.271 e. The van der Waals surface area contributed by atoms with Gasteiger partial charge in [0.2, 0.25) is 0 Å². The van der Waals surface area contributed by atoms with Gasteiger partial charge in [0.1, 0.15) is 0 Å². The number of anilines is 1. The van der Waals surface area contributed by atoms with E-state index in [2.05, 4.69) is 15.2 Å². The summed E-state index contributed by atoms with van der Waals surface area (Å²) in [6.07, 6.45) is 1.34. The van der Waals surface area contributed by atoms with Gasteiger partial charge in [-0.15, -0.1) is 0 Å². The standard InChI is InChI=1S/C20H15ClN4O5S/c21-16-5-11-19(12-6-16)31(29,30)24-17-7-3-15(4-8-17)20(26)23-22-13-14-1-9-18(10-2-14)25(27)28/h1-13,24H,(H,23,26)/b22-13+. The van der Waals surface area contributed by atoms with Crippen LogP contribution in [0.25, 0.3) is 0 Å². The highest BCUT2D eigenvalue weighted by Gasteiger charge is 2.14. The molecule has 0 saturated heterocycles. The minimum Gasteiger partial charge on any atom is -0.280 e. The first-order valence-electron chi connectivity index (χ1n) is 8.71. The van der Waals surface area contributed by atoms with Crippen molar-refractivity contribution in [3.05, 3.63) is 99.1 Å². The van der Waals surface area contributed by atoms with Gasteiger partial charge in [0.05, 0.1) is 16.0 Å². The van der Waals surface area contributed by atoms with Crippen molar-refractivity contribution in [2.24, 2.45) is 5.10 Å². The van der Waals surface area contributed by atoms with Gasteiger partial charge in [0.15, 0.2) is 0 Å². The molecule has 3 aromatic carbocycles. The van der Waals surface area contributed by atoms with Gasteiger partial charge in [-0.1, -0.05) is 11.6 Å². The van der Waals surface area contributed by atoms with E-state index in [1.54, 1.807) is 0 Å². The number of carbonyl (C=O) groups is 1. The maximum atomic E-state index is 12.4. The van der Waals surface area contributed by atoms with E-state index in [0.29, 0.717) is 10.6 Å². The van der Waals surface area contributed by atoms with Crippen LogP contribution in [0.15, 0.2) is 82.8 Å². The summed E-state index contributed by atoms with van der Waals surface area (Å²) in [5, 5.41) is 14.9. The molecule has 1 amide bonds. The van der Waals surface area contributed by atoms with Crippen molar-refractivity contribution in [3.8, 4) is 0 Å². The van der Waals surface area contributed by atoms with Crippen LogP contribution < -0.4 is 10.1 Å². The van der Waals surface area contributed by atoms with E-state index in [0.717, 1.165) is 0 Å². The first-order valence-corrected chi connectivity index (χ1v) is 10.6. The Kier molecular flexibility index (Phi) is 6.63. The fourth-order valence-corrected chi connectivity index (χ4v) is 3.61. The molecule has 0 aromatic heterocycles. The summed E-state index contributed by atoms with van der Waals surface area (Å²) >= 11 is 5.77. The number of non-ortho nitro benzene ring substituents is 1. The summed E-state index contributed by atoms with van der Waals surface area (Å²) in [6, 6.07) is 17.1. The predicted molar refractivity (Wildman–Crippen MR) is 117 cm³/mol. The van der Waals surface area contributed by atoms with E-state index in [-0.39, 0.29) is 21.8 Å². The second-order valence-corrected chi connectivity index (χ2v) is 8.30. The van der Waals surface area contributed by atoms with Crippen molar-refractivity contribution in [1.29, 1.82) is 0 Å². The molecule has 0 radical (unpaired) electrons. The molecule has 2 N–H and O–H groups in total. The van der Waals surface area contributed by atoms with Crippen molar-refractivity contribution in [1.82, 2.24) is 5.43 Å². The molecule has 0 saturated carbocycles. The second kappa shape index (κ2) is 9.37. The Labute approximate surface area is 182 Å². The van der Waals surface area contributed by atoms with Crippen LogP contribution in [0.4, 0.5) is 11.4 Å². The molecule has 11 heteroatoms. The van der Waals surface area contributed by atoms with Gasteiger partial charge < -0.3 is 0 Å². The average Bonchev–Trinajstić information content (AvgIpc) is 2.74. The number of nitrogens with one attached hydrogen (secondary N) is 2. The lowest BCUT2D eigenvalue weighted by atomic mass is 10.2. The molecule has 158 valence electrons. The molecule has 0 fully saturated rings. The quantitative estimate of drug-likeness (QED) is 0.315. The smallest absolute Gasteiger partial charge is 0.271 e. The minimum atomic E-state index is -3.79. The number of nitro benzene ring substituents is 1. The van der Waals surface area contributed by atoms with Gasteiger partial charge in [0, 0.05) is 28.4 Å². The van der Waals surface area contributed by atoms with E-state index >= 15 is 0 Å². The summed E-state index contributed by atoms with van der Waals surface area (Å²) in [4.78, 5) is 22.3. The fraction of sp³-hybridized carbons (Fsp3) is 0. The number of hydrazone groups is 1. The highest BCUT2D eigenvalue weighted by molar-refractivity contribution is 7.92. The molecule has 0 unspecified atom stereocenters. The lowest BCUT2D eigenvalue weighted by molar-refractivity contribution is -0.384. The largest absolute Gasteiger partial charge is 0.280 e. The van der Waals surface area contributed by atoms with Crippen molar-refractivity contribution >= 4 is 45.1 Å². The summed E-state index contributed by atoms with van der Waals surface area (Å²) in [5.41, 5.74) is 3.39. The molecular weight excluding hydrogens is 444 g/mol. The molecule has 9 nitrogen and oxygen atoms in total. The third-order valence-corrected chi connectivity index (χ3v) is 5.66. The summed E-state index contributed by atoms with van der Waals surface area (Å²) < 4.78 is 27.2. The zero-order chi connectivity index (χ0) is 22.4. The average molecular weight is 459 g/mol. The Morgan fingerprint density at radius 1 is 0.968 bits per heavy atom. The maximum absolute atomic E-state index is 12.4. The number of hydrogen-bond acceptors (Lipinski definition) is 6. The van der Waals surface area contributed by atoms with Gasteiger partial charge >= 0.3 is 0 Å². The van der Waals surface area contributed by atoms with Gasteiger partial charge in [0.25, 0.3) is 21.6 Å². The first kappa shape index (κ1) is 21.9. The number of carbonyl (C=O) groups excluding carboxylic acids is 1. The monoisotopic (exact) mass is 458 g/mol. The number of halogens is 1. The van der Waals surface area contributed by atoms with Crippen LogP contribution in [-0.4, -0.2) is 25.5 Å². The summed E-state index contributed by atoms with van der Waals surface area (Å²) in [7, 11) is -3.79. The van der Waals surface area contributed by atoms with E-state index < -0.39 is 20.9 Å². The highest BCUT2D eigenvalue weighted by atomic mass is 35.5. The molecule has 31 heavy (non-hydrogen) atoms. The van der Waals surface area contributed by atoms with E-state index in [1.807, 2.05) is 0 Å². The first-order chi connectivity index (χ1) is 14.7. The van der Waals surface area contributed by atoms with Crippen molar-refractivity contribution < 1.29 is 18.1 Å². The van der Waals surface area contributed by atoms with Crippen LogP contribution in [0.1, 0.15) is 15.9 Å². The summed E-state index contributed by atoms with van der Waals surface area (Å²) in [6.45, 7) is 0. The van der Waals surface area contributed by atoms with E-state index in [1.165, 1.54) is 79.0 Å². The predicted octanol–water partition coefficient (Wildman–Crippen LogP) is 3.81. The van der Waals surface area contributed by atoms with Gasteiger partial charge in [-0.2, -0.15) is 5.10 Å². The van der Waals surface area contributed by atoms with Crippen LogP contribution in [0, 0.1) is 10.1 Å². The van der Waals surface area contributed by atoms with Crippen LogP contribution in [-0.2, 0) is 10.0 Å². The normalized spacial score (nSPS) is 11.3. The molecule has 3 aromatic rings. The number of nitrogens with zero attached hydrogens (tertiary/aromatic N) is 2. The number of nitro groups is 1. The fourth-order valence-electron chi connectivity index (χ4n) is 2.43. The van der Waals surface area contributed by atoms with E-state index in [4.69, 9.17) is 11.6 Å². The van der Waals surface area contributed by atoms with Gasteiger partial charge in [-0.25, -0.2) is 13.8 Å². The Balaban J connectivity index is 1.60. The number of amides is 1. The zero-order valence-electron chi connectivity index (χ0n) is 15.7. The lowest BCUT2D eigenvalue weighted by Gasteiger charge is -2.08. The SMILES string of the molecule is O=C(N/N=C/c1ccc([N+](=O)[O-])cc1)c1ccc(NS(=O)(=O)c2ccc(Cl)cc2)cc1. The molecule has 3 rings (SSSR count). The van der Waals surface area contributed by atoms with Crippen molar-refractivity contribution in [2.75, 3.05) is 4.72 Å². The van der Waals surface area contributed by atoms with Crippen LogP contribution >= 0.6 is 11.6 Å². The molecule has 0 aliphatic heterocycles. The van der Waals surface area contributed by atoms with Gasteiger partial charge in [-0.3, -0.25) is 19.6 Å². The number of sulfonamides is 1. The number of rotatable bonds is 7. The van der Waals surface area contributed by atoms with Crippen LogP contribution in [0.3, 0.4) is 0 Å². The van der Waals surface area contributed by atoms with Crippen LogP contribution in [0.2, 0.25) is 5.02 Å². The van der Waals surface area contributed by atoms with Crippen molar-refractivity contribution in [3.63, 3.8) is 0 Å². The third-order valence-electron chi connectivity index (χ3n) is 4.01. The van der Waals surface area contributed by atoms with E-state index in [9.17, 15) is 23.3 Å².